The SMILES string of the molecule is COC(C(=O)N1CC2(CCC(=O)N2)C1)C1CC(F)(F)C1. The third-order valence-corrected chi connectivity index (χ3v) is 4.58. The standard InChI is InChI=1S/C13H18F2N2O3/c1-20-10(8-4-13(14,15)5-8)11(19)17-6-12(7-17)3-2-9(18)16-12/h8,10H,2-7H2,1H3,(H,16,18). The maximum absolute atomic E-state index is 12.9. The van der Waals surface area contributed by atoms with Crippen LogP contribution in [0, 0.1) is 5.92 Å². The van der Waals surface area contributed by atoms with E-state index in [0.717, 1.165) is 6.42 Å². The van der Waals surface area contributed by atoms with Gasteiger partial charge in [-0.25, -0.2) is 8.78 Å². The second kappa shape index (κ2) is 4.38. The molecule has 3 fully saturated rings. The van der Waals surface area contributed by atoms with Crippen molar-refractivity contribution in [1.82, 2.24) is 10.2 Å². The number of likely N-dealkylation sites (tertiary alicyclic amines) is 1. The Morgan fingerprint density at radius 1 is 1.45 bits per heavy atom. The summed E-state index contributed by atoms with van der Waals surface area (Å²) in [6, 6.07) is 0. The third kappa shape index (κ3) is 2.17. The zero-order valence-electron chi connectivity index (χ0n) is 11.3. The molecule has 0 aromatic rings. The van der Waals surface area contributed by atoms with Crippen molar-refractivity contribution in [3.05, 3.63) is 0 Å². The number of methoxy groups -OCH3 is 1. The van der Waals surface area contributed by atoms with Gasteiger partial charge < -0.3 is 15.0 Å². The largest absolute Gasteiger partial charge is 0.371 e. The number of hydrogen-bond acceptors (Lipinski definition) is 3. The second-order valence-corrected chi connectivity index (χ2v) is 6.20. The first-order valence-corrected chi connectivity index (χ1v) is 6.85. The van der Waals surface area contributed by atoms with Crippen molar-refractivity contribution >= 4 is 11.8 Å². The van der Waals surface area contributed by atoms with E-state index in [-0.39, 0.29) is 30.2 Å². The van der Waals surface area contributed by atoms with Crippen molar-refractivity contribution in [2.45, 2.75) is 43.2 Å². The third-order valence-electron chi connectivity index (χ3n) is 4.58. The van der Waals surface area contributed by atoms with Gasteiger partial charge in [0.25, 0.3) is 5.91 Å². The highest BCUT2D eigenvalue weighted by atomic mass is 19.3. The molecule has 1 unspecified atom stereocenters. The number of nitrogens with zero attached hydrogens (tertiary/aromatic N) is 1. The lowest BCUT2D eigenvalue weighted by Crippen LogP contribution is -2.70. The van der Waals surface area contributed by atoms with Crippen LogP contribution in [-0.2, 0) is 14.3 Å². The molecule has 0 aromatic carbocycles. The van der Waals surface area contributed by atoms with Gasteiger partial charge in [-0.05, 0) is 6.42 Å². The summed E-state index contributed by atoms with van der Waals surface area (Å²) in [4.78, 5) is 25.1. The lowest BCUT2D eigenvalue weighted by molar-refractivity contribution is -0.175. The summed E-state index contributed by atoms with van der Waals surface area (Å²) < 4.78 is 30.9. The van der Waals surface area contributed by atoms with Gasteiger partial charge in [-0.2, -0.15) is 0 Å². The molecule has 20 heavy (non-hydrogen) atoms. The maximum Gasteiger partial charge on any atom is 0.252 e. The molecular weight excluding hydrogens is 270 g/mol. The monoisotopic (exact) mass is 288 g/mol. The Balaban J connectivity index is 1.56. The van der Waals surface area contributed by atoms with E-state index in [2.05, 4.69) is 5.32 Å². The summed E-state index contributed by atoms with van der Waals surface area (Å²) >= 11 is 0. The Hall–Kier alpha value is -1.24. The molecule has 1 spiro atoms. The predicted octanol–water partition coefficient (Wildman–Crippen LogP) is 0.538. The highest BCUT2D eigenvalue weighted by molar-refractivity contribution is 5.85. The van der Waals surface area contributed by atoms with Crippen LogP contribution in [0.3, 0.4) is 0 Å². The molecule has 0 radical (unpaired) electrons. The molecule has 1 N–H and O–H groups in total. The summed E-state index contributed by atoms with van der Waals surface area (Å²) in [5.41, 5.74) is -0.283. The smallest absolute Gasteiger partial charge is 0.252 e. The maximum atomic E-state index is 12.9. The van der Waals surface area contributed by atoms with Gasteiger partial charge in [0.1, 0.15) is 6.10 Å². The van der Waals surface area contributed by atoms with Crippen LogP contribution in [0.2, 0.25) is 0 Å². The van der Waals surface area contributed by atoms with Crippen LogP contribution >= 0.6 is 0 Å². The number of amides is 2. The molecule has 1 saturated carbocycles. The quantitative estimate of drug-likeness (QED) is 0.824. The zero-order valence-corrected chi connectivity index (χ0v) is 11.3. The topological polar surface area (TPSA) is 58.6 Å². The average molecular weight is 288 g/mol. The van der Waals surface area contributed by atoms with Gasteiger partial charge in [-0.15, -0.1) is 0 Å². The molecule has 1 aliphatic carbocycles. The van der Waals surface area contributed by atoms with Crippen molar-refractivity contribution in [3.63, 3.8) is 0 Å². The van der Waals surface area contributed by atoms with Gasteiger partial charge in [0.05, 0.1) is 5.54 Å². The minimum atomic E-state index is -2.66. The van der Waals surface area contributed by atoms with Crippen molar-refractivity contribution in [2.24, 2.45) is 5.92 Å². The van der Waals surface area contributed by atoms with E-state index < -0.39 is 17.9 Å². The number of nitrogens with one attached hydrogen (secondary N) is 1. The summed E-state index contributed by atoms with van der Waals surface area (Å²) in [6.45, 7) is 0.918. The molecule has 2 heterocycles. The molecule has 3 aliphatic rings. The Labute approximate surface area is 115 Å². The van der Waals surface area contributed by atoms with Gasteiger partial charge in [0, 0.05) is 45.4 Å². The molecule has 112 valence electrons. The van der Waals surface area contributed by atoms with Gasteiger partial charge in [-0.3, -0.25) is 9.59 Å². The van der Waals surface area contributed by atoms with Crippen LogP contribution in [0.25, 0.3) is 0 Å². The molecule has 3 rings (SSSR count). The molecule has 7 heteroatoms. The number of hydrogen-bond donors (Lipinski definition) is 1. The summed E-state index contributed by atoms with van der Waals surface area (Å²) in [7, 11) is 1.38. The van der Waals surface area contributed by atoms with Gasteiger partial charge in [0.2, 0.25) is 11.8 Å². The Morgan fingerprint density at radius 3 is 2.55 bits per heavy atom. The van der Waals surface area contributed by atoms with Crippen molar-refractivity contribution in [3.8, 4) is 0 Å². The van der Waals surface area contributed by atoms with Crippen LogP contribution in [0.4, 0.5) is 8.78 Å². The van der Waals surface area contributed by atoms with E-state index in [4.69, 9.17) is 4.74 Å². The van der Waals surface area contributed by atoms with Crippen LogP contribution in [0.5, 0.6) is 0 Å². The molecule has 2 amide bonds. The van der Waals surface area contributed by atoms with Crippen molar-refractivity contribution in [2.75, 3.05) is 20.2 Å². The van der Waals surface area contributed by atoms with Gasteiger partial charge in [-0.1, -0.05) is 0 Å². The normalized spacial score (nSPS) is 28.8. The van der Waals surface area contributed by atoms with E-state index in [0.29, 0.717) is 19.5 Å². The van der Waals surface area contributed by atoms with Crippen molar-refractivity contribution in [1.29, 1.82) is 0 Å². The second-order valence-electron chi connectivity index (χ2n) is 6.20. The summed E-state index contributed by atoms with van der Waals surface area (Å²) in [6.07, 6.45) is -0.136. The lowest BCUT2D eigenvalue weighted by atomic mass is 9.76. The van der Waals surface area contributed by atoms with Crippen LogP contribution in [-0.4, -0.2) is 54.5 Å². The fourth-order valence-corrected chi connectivity index (χ4v) is 3.45. The Kier molecular flexibility index (Phi) is 3.00. The number of ether oxygens (including phenoxy) is 1. The Morgan fingerprint density at radius 2 is 2.10 bits per heavy atom. The van der Waals surface area contributed by atoms with Gasteiger partial charge in [0.15, 0.2) is 0 Å². The molecule has 2 saturated heterocycles. The highest BCUT2D eigenvalue weighted by Crippen LogP contribution is 2.45. The van der Waals surface area contributed by atoms with Gasteiger partial charge >= 0.3 is 0 Å². The molecule has 5 nitrogen and oxygen atoms in total. The zero-order chi connectivity index (χ0) is 14.5. The fraction of sp³-hybridized carbons (Fsp3) is 0.846. The van der Waals surface area contributed by atoms with E-state index in [1.54, 1.807) is 4.90 Å². The lowest BCUT2D eigenvalue weighted by Gasteiger charge is -2.50. The highest BCUT2D eigenvalue weighted by Gasteiger charge is 2.55. The summed E-state index contributed by atoms with van der Waals surface area (Å²) in [5.74, 6) is -3.28. The first-order valence-electron chi connectivity index (χ1n) is 6.85. The molecule has 2 aliphatic heterocycles. The first-order chi connectivity index (χ1) is 9.34. The molecular formula is C13H18F2N2O3. The fourth-order valence-electron chi connectivity index (χ4n) is 3.45. The minimum Gasteiger partial charge on any atom is -0.371 e. The summed E-state index contributed by atoms with van der Waals surface area (Å²) in [5, 5.41) is 2.89. The minimum absolute atomic E-state index is 0.0130. The number of carbonyl (C=O) groups is 2. The number of rotatable bonds is 3. The van der Waals surface area contributed by atoms with E-state index >= 15 is 0 Å². The predicted molar refractivity (Wildman–Crippen MR) is 65.2 cm³/mol. The first kappa shape index (κ1) is 13.7. The van der Waals surface area contributed by atoms with E-state index in [1.807, 2.05) is 0 Å². The molecule has 0 bridgehead atoms. The van der Waals surface area contributed by atoms with Crippen LogP contribution in [0.1, 0.15) is 25.7 Å². The van der Waals surface area contributed by atoms with Crippen LogP contribution in [0.15, 0.2) is 0 Å². The van der Waals surface area contributed by atoms with Crippen molar-refractivity contribution < 1.29 is 23.1 Å². The van der Waals surface area contributed by atoms with E-state index in [9.17, 15) is 18.4 Å². The number of halogens is 2. The molecule has 0 aromatic heterocycles. The molecule has 1 atom stereocenters. The van der Waals surface area contributed by atoms with E-state index in [1.165, 1.54) is 7.11 Å². The van der Waals surface area contributed by atoms with Crippen LogP contribution < -0.4 is 5.32 Å². The number of alkyl halides is 2. The Bertz CT molecular complexity index is 441. The number of carbonyl (C=O) groups excluding carboxylic acids is 2. The average Bonchev–Trinajstić information content (AvgIpc) is 2.68.